The molecule has 1 atom stereocenters. The molecule has 120 valence electrons. The number of amides is 2. The Morgan fingerprint density at radius 1 is 1.35 bits per heavy atom. The van der Waals surface area contributed by atoms with Crippen LogP contribution in [0.1, 0.15) is 19.8 Å². The van der Waals surface area contributed by atoms with E-state index < -0.39 is 17.4 Å². The molecule has 0 unspecified atom stereocenters. The van der Waals surface area contributed by atoms with Crippen molar-refractivity contribution in [3.63, 3.8) is 0 Å². The summed E-state index contributed by atoms with van der Waals surface area (Å²) < 4.78 is 4.88. The fourth-order valence-electron chi connectivity index (χ4n) is 2.69. The monoisotopic (exact) mass is 335 g/mol. The van der Waals surface area contributed by atoms with Gasteiger partial charge in [0, 0.05) is 11.4 Å². The molecule has 0 aliphatic carbocycles. The summed E-state index contributed by atoms with van der Waals surface area (Å²) in [5.41, 5.74) is 2.01. The van der Waals surface area contributed by atoms with E-state index in [9.17, 15) is 14.4 Å². The smallest absolute Gasteiger partial charge is 0.354 e. The van der Waals surface area contributed by atoms with Gasteiger partial charge >= 0.3 is 5.97 Å². The third kappa shape index (κ3) is 2.57. The Morgan fingerprint density at radius 3 is 2.70 bits per heavy atom. The summed E-state index contributed by atoms with van der Waals surface area (Å²) >= 11 is 5.82. The number of nitrogens with one attached hydrogen (secondary N) is 1. The van der Waals surface area contributed by atoms with Crippen LogP contribution in [-0.4, -0.2) is 35.6 Å². The summed E-state index contributed by atoms with van der Waals surface area (Å²) in [5.74, 6) is -1.37. The first-order valence-corrected chi connectivity index (χ1v) is 7.48. The Balaban J connectivity index is 1.83. The van der Waals surface area contributed by atoms with Crippen molar-refractivity contribution in [3.05, 3.63) is 29.3 Å². The van der Waals surface area contributed by atoms with Crippen LogP contribution in [0.4, 0.5) is 5.69 Å². The minimum Gasteiger partial charge on any atom is -0.461 e. The lowest BCUT2D eigenvalue weighted by Crippen LogP contribution is -2.47. The van der Waals surface area contributed by atoms with Crippen LogP contribution in [0.15, 0.2) is 29.4 Å². The van der Waals surface area contributed by atoms with Gasteiger partial charge in [-0.05, 0) is 31.2 Å². The van der Waals surface area contributed by atoms with Crippen molar-refractivity contribution in [2.45, 2.75) is 25.3 Å². The number of hydrogen-bond acceptors (Lipinski definition) is 6. The fourth-order valence-corrected chi connectivity index (χ4v) is 2.81. The molecule has 1 aromatic carbocycles. The highest BCUT2D eigenvalue weighted by atomic mass is 35.5. The van der Waals surface area contributed by atoms with Gasteiger partial charge in [0.15, 0.2) is 0 Å². The molecular weight excluding hydrogens is 322 g/mol. The highest BCUT2D eigenvalue weighted by molar-refractivity contribution is 6.39. The average Bonchev–Trinajstić information content (AvgIpc) is 3.04. The van der Waals surface area contributed by atoms with Crippen molar-refractivity contribution in [3.8, 4) is 0 Å². The van der Waals surface area contributed by atoms with Gasteiger partial charge in [0.05, 0.1) is 18.7 Å². The number of carbonyl (C=O) groups excluding carboxylic acids is 3. The number of esters is 1. The number of ether oxygens (including phenoxy) is 1. The number of rotatable bonds is 3. The number of nitrogens with zero attached hydrogens (tertiary/aromatic N) is 2. The summed E-state index contributed by atoms with van der Waals surface area (Å²) in [4.78, 5) is 37.9. The normalized spacial score (nSPS) is 23.2. The van der Waals surface area contributed by atoms with Gasteiger partial charge in [-0.3, -0.25) is 15.0 Å². The van der Waals surface area contributed by atoms with E-state index in [2.05, 4.69) is 10.5 Å². The maximum absolute atomic E-state index is 12.7. The first-order valence-electron chi connectivity index (χ1n) is 7.10. The molecule has 1 fully saturated rings. The quantitative estimate of drug-likeness (QED) is 0.663. The van der Waals surface area contributed by atoms with Gasteiger partial charge in [0.1, 0.15) is 11.3 Å². The average molecular weight is 336 g/mol. The predicted molar refractivity (Wildman–Crippen MR) is 83.1 cm³/mol. The molecule has 1 saturated heterocycles. The molecule has 0 aromatic heterocycles. The van der Waals surface area contributed by atoms with E-state index in [1.165, 1.54) is 0 Å². The van der Waals surface area contributed by atoms with E-state index in [1.54, 1.807) is 31.2 Å². The van der Waals surface area contributed by atoms with Crippen molar-refractivity contribution < 1.29 is 19.1 Å². The van der Waals surface area contributed by atoms with Gasteiger partial charge in [0.25, 0.3) is 5.91 Å². The largest absolute Gasteiger partial charge is 0.461 e. The summed E-state index contributed by atoms with van der Waals surface area (Å²) in [6.45, 7) is 1.90. The first kappa shape index (κ1) is 15.5. The lowest BCUT2D eigenvalue weighted by atomic mass is 9.93. The van der Waals surface area contributed by atoms with E-state index in [-0.39, 0.29) is 31.1 Å². The molecule has 2 aliphatic rings. The zero-order chi connectivity index (χ0) is 16.6. The van der Waals surface area contributed by atoms with Crippen molar-refractivity contribution in [1.82, 2.24) is 5.43 Å². The van der Waals surface area contributed by atoms with Crippen LogP contribution < -0.4 is 10.3 Å². The number of halogens is 1. The number of benzene rings is 1. The Bertz CT molecular complexity index is 716. The van der Waals surface area contributed by atoms with E-state index in [0.29, 0.717) is 10.7 Å². The van der Waals surface area contributed by atoms with Gasteiger partial charge in [-0.15, -0.1) is 0 Å². The topological polar surface area (TPSA) is 88.1 Å². The van der Waals surface area contributed by atoms with Crippen molar-refractivity contribution in [2.24, 2.45) is 5.10 Å². The van der Waals surface area contributed by atoms with Crippen molar-refractivity contribution >= 4 is 40.8 Å². The number of imide groups is 1. The molecule has 1 aromatic rings. The molecule has 2 amide bonds. The molecular formula is C15H14ClN3O4. The van der Waals surface area contributed by atoms with Crippen LogP contribution >= 0.6 is 11.6 Å². The van der Waals surface area contributed by atoms with E-state index in [4.69, 9.17) is 16.3 Å². The number of anilines is 1. The fraction of sp³-hybridized carbons (Fsp3) is 0.333. The molecule has 0 saturated carbocycles. The minimum atomic E-state index is -1.21. The maximum Gasteiger partial charge on any atom is 0.354 e. The van der Waals surface area contributed by atoms with Crippen molar-refractivity contribution in [2.75, 3.05) is 11.5 Å². The highest BCUT2D eigenvalue weighted by Crippen LogP contribution is 2.35. The van der Waals surface area contributed by atoms with Crippen LogP contribution in [-0.2, 0) is 19.1 Å². The van der Waals surface area contributed by atoms with Gasteiger partial charge < -0.3 is 4.74 Å². The van der Waals surface area contributed by atoms with Crippen LogP contribution in [0.25, 0.3) is 0 Å². The molecule has 0 bridgehead atoms. The summed E-state index contributed by atoms with van der Waals surface area (Å²) in [6, 6.07) is 6.40. The van der Waals surface area contributed by atoms with E-state index >= 15 is 0 Å². The second-order valence-electron chi connectivity index (χ2n) is 5.34. The van der Waals surface area contributed by atoms with Crippen LogP contribution in [0.2, 0.25) is 5.02 Å². The second kappa shape index (κ2) is 5.66. The second-order valence-corrected chi connectivity index (χ2v) is 5.77. The zero-order valence-electron chi connectivity index (χ0n) is 12.3. The third-order valence-corrected chi connectivity index (χ3v) is 4.04. The van der Waals surface area contributed by atoms with Gasteiger partial charge in [-0.2, -0.15) is 5.10 Å². The summed E-state index contributed by atoms with van der Waals surface area (Å²) in [5, 5.41) is 4.40. The number of hydrazone groups is 1. The first-order chi connectivity index (χ1) is 11.0. The van der Waals surface area contributed by atoms with Gasteiger partial charge in [0.2, 0.25) is 5.91 Å². The number of hydrogen-bond donors (Lipinski definition) is 1. The lowest BCUT2D eigenvalue weighted by molar-refractivity contribution is -0.135. The molecule has 1 spiro atoms. The third-order valence-electron chi connectivity index (χ3n) is 3.78. The SMILES string of the molecule is CCOC(=O)C1=NN[C@@]2(CC(=O)N(c3ccc(Cl)cc3)C2=O)C1. The molecule has 3 rings (SSSR count). The minimum absolute atomic E-state index is 0.0283. The van der Waals surface area contributed by atoms with Gasteiger partial charge in [-0.1, -0.05) is 11.6 Å². The predicted octanol–water partition coefficient (Wildman–Crippen LogP) is 1.25. The lowest BCUT2D eigenvalue weighted by Gasteiger charge is -2.21. The Labute approximate surface area is 137 Å². The van der Waals surface area contributed by atoms with Crippen LogP contribution in [0, 0.1) is 0 Å². The maximum atomic E-state index is 12.7. The van der Waals surface area contributed by atoms with Crippen LogP contribution in [0.3, 0.4) is 0 Å². The van der Waals surface area contributed by atoms with Gasteiger partial charge in [-0.25, -0.2) is 9.69 Å². The molecule has 23 heavy (non-hydrogen) atoms. The Hall–Kier alpha value is -2.41. The highest BCUT2D eigenvalue weighted by Gasteiger charge is 2.56. The Kier molecular flexibility index (Phi) is 3.81. The molecule has 2 aliphatic heterocycles. The van der Waals surface area contributed by atoms with E-state index in [0.717, 1.165) is 4.90 Å². The van der Waals surface area contributed by atoms with E-state index in [1.807, 2.05) is 0 Å². The summed E-state index contributed by atoms with van der Waals surface area (Å²) in [7, 11) is 0. The molecule has 7 nitrogen and oxygen atoms in total. The molecule has 2 heterocycles. The number of carbonyl (C=O) groups is 3. The van der Waals surface area contributed by atoms with Crippen LogP contribution in [0.5, 0.6) is 0 Å². The molecule has 1 N–H and O–H groups in total. The molecule has 0 radical (unpaired) electrons. The van der Waals surface area contributed by atoms with Crippen molar-refractivity contribution in [1.29, 1.82) is 0 Å². The zero-order valence-corrected chi connectivity index (χ0v) is 13.1. The standard InChI is InChI=1S/C15H14ClN3O4/c1-2-23-13(21)11-7-15(18-17-11)8-12(20)19(14(15)22)10-5-3-9(16)4-6-10/h3-6,18H,2,7-8H2,1H3/t15-/m1/s1. The summed E-state index contributed by atoms with van der Waals surface area (Å²) in [6.07, 6.45) is -0.0403. The Morgan fingerprint density at radius 2 is 2.04 bits per heavy atom. The molecule has 8 heteroatoms.